The molecule has 3 unspecified atom stereocenters. The Bertz CT molecular complexity index is 460. The highest BCUT2D eigenvalue weighted by atomic mass is 16.7. The summed E-state index contributed by atoms with van der Waals surface area (Å²) in [7, 11) is 0. The Balaban J connectivity index is 1.72. The Kier molecular flexibility index (Phi) is 6.52. The molecule has 0 saturated heterocycles. The molecular weight excluding hydrogens is 280 g/mol. The molecular formula is C18H28O4. The number of ether oxygens (including phenoxy) is 3. The molecule has 0 spiro atoms. The van der Waals surface area contributed by atoms with Crippen molar-refractivity contribution in [3.8, 4) is 11.5 Å². The summed E-state index contributed by atoms with van der Waals surface area (Å²) in [4.78, 5) is 0. The van der Waals surface area contributed by atoms with Crippen LogP contribution in [0.1, 0.15) is 58.1 Å². The predicted octanol–water partition coefficient (Wildman–Crippen LogP) is 4.07. The topological polar surface area (TPSA) is 47.9 Å². The lowest BCUT2D eigenvalue weighted by molar-refractivity contribution is 0.0532. The molecule has 0 radical (unpaired) electrons. The van der Waals surface area contributed by atoms with Gasteiger partial charge in [0.15, 0.2) is 11.5 Å². The van der Waals surface area contributed by atoms with E-state index >= 15 is 0 Å². The van der Waals surface area contributed by atoms with E-state index in [1.54, 1.807) is 0 Å². The van der Waals surface area contributed by atoms with Gasteiger partial charge in [-0.25, -0.2) is 0 Å². The second kappa shape index (κ2) is 8.39. The van der Waals surface area contributed by atoms with Crippen molar-refractivity contribution in [3.63, 3.8) is 0 Å². The molecule has 124 valence electrons. The van der Waals surface area contributed by atoms with Crippen molar-refractivity contribution in [1.82, 2.24) is 0 Å². The fraction of sp³-hybridized carbons (Fsp3) is 0.667. The summed E-state index contributed by atoms with van der Waals surface area (Å²) in [5.74, 6) is 2.03. The number of aliphatic hydroxyl groups is 1. The van der Waals surface area contributed by atoms with Gasteiger partial charge in [0.2, 0.25) is 6.79 Å². The fourth-order valence-corrected chi connectivity index (χ4v) is 2.46. The summed E-state index contributed by atoms with van der Waals surface area (Å²) >= 11 is 0. The fourth-order valence-electron chi connectivity index (χ4n) is 2.46. The maximum Gasteiger partial charge on any atom is 0.231 e. The van der Waals surface area contributed by atoms with Crippen LogP contribution in [0, 0.1) is 5.92 Å². The van der Waals surface area contributed by atoms with Crippen LogP contribution in [-0.2, 0) is 4.74 Å². The van der Waals surface area contributed by atoms with Crippen LogP contribution in [0.4, 0.5) is 0 Å². The molecule has 0 amide bonds. The van der Waals surface area contributed by atoms with Crippen LogP contribution in [0.5, 0.6) is 11.5 Å². The molecule has 4 nitrogen and oxygen atoms in total. The van der Waals surface area contributed by atoms with Crippen molar-refractivity contribution in [2.45, 2.75) is 58.7 Å². The number of aliphatic hydroxyl groups excluding tert-OH is 1. The van der Waals surface area contributed by atoms with E-state index in [2.05, 4.69) is 20.8 Å². The number of rotatable bonds is 9. The Morgan fingerprint density at radius 1 is 1.14 bits per heavy atom. The van der Waals surface area contributed by atoms with Crippen molar-refractivity contribution in [2.24, 2.45) is 5.92 Å². The van der Waals surface area contributed by atoms with Gasteiger partial charge in [0.05, 0.1) is 12.2 Å². The predicted molar refractivity (Wildman–Crippen MR) is 86.2 cm³/mol. The van der Waals surface area contributed by atoms with Crippen molar-refractivity contribution in [3.05, 3.63) is 23.8 Å². The van der Waals surface area contributed by atoms with E-state index in [-0.39, 0.29) is 6.79 Å². The normalized spacial score (nSPS) is 17.3. The molecule has 1 aromatic carbocycles. The minimum Gasteiger partial charge on any atom is -0.454 e. The second-order valence-corrected chi connectivity index (χ2v) is 6.19. The lowest BCUT2D eigenvalue weighted by atomic mass is 9.96. The summed E-state index contributed by atoms with van der Waals surface area (Å²) in [5.41, 5.74) is 0.896. The molecule has 1 aromatic rings. The summed E-state index contributed by atoms with van der Waals surface area (Å²) < 4.78 is 16.3. The molecule has 0 bridgehead atoms. The van der Waals surface area contributed by atoms with Crippen LogP contribution in [0.15, 0.2) is 18.2 Å². The summed E-state index contributed by atoms with van der Waals surface area (Å²) in [5, 5.41) is 10.3. The molecule has 3 atom stereocenters. The van der Waals surface area contributed by atoms with Gasteiger partial charge in [-0.2, -0.15) is 0 Å². The molecule has 0 saturated carbocycles. The highest BCUT2D eigenvalue weighted by molar-refractivity contribution is 5.45. The van der Waals surface area contributed by atoms with Crippen LogP contribution in [0.3, 0.4) is 0 Å². The van der Waals surface area contributed by atoms with E-state index in [1.165, 1.54) is 0 Å². The Labute approximate surface area is 133 Å². The summed E-state index contributed by atoms with van der Waals surface area (Å²) in [6.07, 6.45) is 3.72. The van der Waals surface area contributed by atoms with Gasteiger partial charge in [0.25, 0.3) is 0 Å². The van der Waals surface area contributed by atoms with Crippen LogP contribution in [0.25, 0.3) is 0 Å². The van der Waals surface area contributed by atoms with Gasteiger partial charge >= 0.3 is 0 Å². The molecule has 1 N–H and O–H groups in total. The van der Waals surface area contributed by atoms with Crippen molar-refractivity contribution < 1.29 is 19.3 Å². The smallest absolute Gasteiger partial charge is 0.231 e. The number of benzene rings is 1. The van der Waals surface area contributed by atoms with Gasteiger partial charge < -0.3 is 19.3 Å². The molecule has 1 heterocycles. The van der Waals surface area contributed by atoms with Crippen molar-refractivity contribution in [1.29, 1.82) is 0 Å². The first-order valence-corrected chi connectivity index (χ1v) is 8.29. The van der Waals surface area contributed by atoms with E-state index in [4.69, 9.17) is 14.2 Å². The third-order valence-corrected chi connectivity index (χ3v) is 4.30. The highest BCUT2D eigenvalue weighted by Gasteiger charge is 2.17. The third kappa shape index (κ3) is 4.89. The van der Waals surface area contributed by atoms with Gasteiger partial charge in [-0.3, -0.25) is 0 Å². The van der Waals surface area contributed by atoms with Gasteiger partial charge in [0, 0.05) is 6.61 Å². The zero-order valence-corrected chi connectivity index (χ0v) is 13.9. The van der Waals surface area contributed by atoms with Crippen molar-refractivity contribution in [2.75, 3.05) is 13.4 Å². The van der Waals surface area contributed by atoms with E-state index in [9.17, 15) is 5.11 Å². The highest BCUT2D eigenvalue weighted by Crippen LogP contribution is 2.35. The maximum absolute atomic E-state index is 10.3. The van der Waals surface area contributed by atoms with Crippen LogP contribution in [-0.4, -0.2) is 24.6 Å². The Morgan fingerprint density at radius 3 is 2.68 bits per heavy atom. The average Bonchev–Trinajstić information content (AvgIpc) is 2.99. The van der Waals surface area contributed by atoms with Crippen LogP contribution in [0.2, 0.25) is 0 Å². The first-order valence-electron chi connectivity index (χ1n) is 8.29. The van der Waals surface area contributed by atoms with E-state index in [0.29, 0.717) is 12.0 Å². The molecule has 0 aromatic heterocycles. The first kappa shape index (κ1) is 17.1. The van der Waals surface area contributed by atoms with Gasteiger partial charge in [-0.05, 0) is 56.2 Å². The maximum atomic E-state index is 10.3. The standard InChI is InChI=1S/C18H28O4/c1-4-14(3)20-10-9-13(2)5-7-16(19)15-6-8-17-18(11-15)22-12-21-17/h6,8,11,13-14,16,19H,4-5,7,9-10,12H2,1-3H3. The summed E-state index contributed by atoms with van der Waals surface area (Å²) in [6.45, 7) is 7.52. The minimum absolute atomic E-state index is 0.266. The summed E-state index contributed by atoms with van der Waals surface area (Å²) in [6, 6.07) is 5.66. The van der Waals surface area contributed by atoms with Gasteiger partial charge in [0.1, 0.15) is 0 Å². The largest absolute Gasteiger partial charge is 0.454 e. The molecule has 1 aliphatic heterocycles. The molecule has 4 heteroatoms. The van der Waals surface area contributed by atoms with Crippen LogP contribution < -0.4 is 9.47 Å². The number of fused-ring (bicyclic) bond motifs is 1. The Morgan fingerprint density at radius 2 is 1.91 bits per heavy atom. The second-order valence-electron chi connectivity index (χ2n) is 6.19. The quantitative estimate of drug-likeness (QED) is 0.747. The monoisotopic (exact) mass is 308 g/mol. The molecule has 0 fully saturated rings. The lowest BCUT2D eigenvalue weighted by Crippen LogP contribution is -2.10. The van der Waals surface area contributed by atoms with E-state index in [0.717, 1.165) is 49.4 Å². The zero-order valence-electron chi connectivity index (χ0n) is 13.9. The lowest BCUT2D eigenvalue weighted by Gasteiger charge is -2.17. The van der Waals surface area contributed by atoms with E-state index < -0.39 is 6.10 Å². The van der Waals surface area contributed by atoms with E-state index in [1.807, 2.05) is 18.2 Å². The first-order chi connectivity index (χ1) is 10.6. The van der Waals surface area contributed by atoms with Gasteiger partial charge in [-0.15, -0.1) is 0 Å². The number of hydrogen-bond donors (Lipinski definition) is 1. The Hall–Kier alpha value is -1.26. The molecule has 2 rings (SSSR count). The van der Waals surface area contributed by atoms with Crippen LogP contribution >= 0.6 is 0 Å². The third-order valence-electron chi connectivity index (χ3n) is 4.30. The molecule has 0 aliphatic carbocycles. The average molecular weight is 308 g/mol. The van der Waals surface area contributed by atoms with Gasteiger partial charge in [-0.1, -0.05) is 19.9 Å². The zero-order chi connectivity index (χ0) is 15.9. The SMILES string of the molecule is CCC(C)OCCC(C)CCC(O)c1ccc2c(c1)OCO2. The molecule has 1 aliphatic rings. The van der Waals surface area contributed by atoms with Crippen molar-refractivity contribution >= 4 is 0 Å². The number of hydrogen-bond acceptors (Lipinski definition) is 4. The molecule has 22 heavy (non-hydrogen) atoms. The minimum atomic E-state index is -0.451.